The van der Waals surface area contributed by atoms with Crippen LogP contribution in [0.1, 0.15) is 15.9 Å². The number of benzene rings is 2. The van der Waals surface area contributed by atoms with E-state index in [4.69, 9.17) is 4.98 Å². The normalized spacial score (nSPS) is 11.2. The second kappa shape index (κ2) is 6.54. The predicted octanol–water partition coefficient (Wildman–Crippen LogP) is 4.57. The molecule has 3 heterocycles. The number of imidazole rings is 1. The van der Waals surface area contributed by atoms with Gasteiger partial charge >= 0.3 is 0 Å². The Hall–Kier alpha value is -3.58. The molecule has 5 rings (SSSR count). The first-order valence-corrected chi connectivity index (χ1v) is 9.49. The van der Waals surface area contributed by atoms with E-state index in [1.165, 1.54) is 0 Å². The van der Waals surface area contributed by atoms with Crippen molar-refractivity contribution in [1.29, 1.82) is 0 Å². The zero-order valence-electron chi connectivity index (χ0n) is 15.0. The van der Waals surface area contributed by atoms with Crippen LogP contribution in [0.3, 0.4) is 0 Å². The van der Waals surface area contributed by atoms with E-state index in [2.05, 4.69) is 14.1 Å². The van der Waals surface area contributed by atoms with Crippen molar-refractivity contribution in [3.63, 3.8) is 0 Å². The van der Waals surface area contributed by atoms with Crippen LogP contribution in [0.5, 0.6) is 0 Å². The highest BCUT2D eigenvalue weighted by Gasteiger charge is 2.11. The summed E-state index contributed by atoms with van der Waals surface area (Å²) in [5, 5.41) is 2.95. The fourth-order valence-electron chi connectivity index (χ4n) is 3.18. The highest BCUT2D eigenvalue weighted by atomic mass is 32.1. The van der Waals surface area contributed by atoms with Gasteiger partial charge in [-0.05, 0) is 48.9 Å². The Labute approximate surface area is 164 Å². The highest BCUT2D eigenvalue weighted by Crippen LogP contribution is 2.24. The summed E-state index contributed by atoms with van der Waals surface area (Å²) in [6, 6.07) is 17.1. The van der Waals surface area contributed by atoms with Gasteiger partial charge in [0.15, 0.2) is 0 Å². The molecular weight excluding hydrogens is 370 g/mol. The molecule has 0 saturated carbocycles. The Bertz CT molecular complexity index is 1340. The van der Waals surface area contributed by atoms with Crippen molar-refractivity contribution in [3.8, 4) is 11.3 Å². The molecule has 1 N–H and O–H groups in total. The standard InChI is InChI=1S/C21H15N5OS/c1-13-4-3-9-26-12-19(23-20(13)26)14-5-2-6-16(10-14)22-21(27)15-7-8-17-18(11-15)25-28-24-17/h2-12H,1H3,(H,22,27). The summed E-state index contributed by atoms with van der Waals surface area (Å²) in [7, 11) is 0. The quantitative estimate of drug-likeness (QED) is 0.494. The van der Waals surface area contributed by atoms with E-state index in [-0.39, 0.29) is 5.91 Å². The molecule has 5 aromatic rings. The zero-order chi connectivity index (χ0) is 19.1. The van der Waals surface area contributed by atoms with E-state index in [1.54, 1.807) is 12.1 Å². The summed E-state index contributed by atoms with van der Waals surface area (Å²) < 4.78 is 10.4. The molecule has 0 fully saturated rings. The van der Waals surface area contributed by atoms with Crippen LogP contribution < -0.4 is 5.32 Å². The van der Waals surface area contributed by atoms with Gasteiger partial charge in [0, 0.05) is 29.2 Å². The maximum Gasteiger partial charge on any atom is 0.255 e. The van der Waals surface area contributed by atoms with E-state index >= 15 is 0 Å². The van der Waals surface area contributed by atoms with Crippen molar-refractivity contribution in [2.24, 2.45) is 0 Å². The van der Waals surface area contributed by atoms with Gasteiger partial charge in [0.1, 0.15) is 16.7 Å². The lowest BCUT2D eigenvalue weighted by molar-refractivity contribution is 0.102. The number of nitrogens with one attached hydrogen (secondary N) is 1. The van der Waals surface area contributed by atoms with Gasteiger partial charge in [-0.2, -0.15) is 8.75 Å². The van der Waals surface area contributed by atoms with E-state index in [0.29, 0.717) is 11.3 Å². The van der Waals surface area contributed by atoms with Crippen LogP contribution in [0.2, 0.25) is 0 Å². The first kappa shape index (κ1) is 16.6. The van der Waals surface area contributed by atoms with E-state index < -0.39 is 0 Å². The van der Waals surface area contributed by atoms with Gasteiger partial charge in [-0.25, -0.2) is 4.98 Å². The van der Waals surface area contributed by atoms with Crippen molar-refractivity contribution in [2.45, 2.75) is 6.92 Å². The Morgan fingerprint density at radius 3 is 2.82 bits per heavy atom. The SMILES string of the molecule is Cc1cccn2cc(-c3cccc(NC(=O)c4ccc5nsnc5c4)c3)nc12. The number of aryl methyl sites for hydroxylation is 1. The predicted molar refractivity (Wildman–Crippen MR) is 111 cm³/mol. The third kappa shape index (κ3) is 2.91. The van der Waals surface area contributed by atoms with Crippen LogP contribution in [-0.4, -0.2) is 24.0 Å². The molecule has 6 nitrogen and oxygen atoms in total. The topological polar surface area (TPSA) is 72.2 Å². The molecule has 7 heteroatoms. The van der Waals surface area contributed by atoms with Gasteiger partial charge in [0.2, 0.25) is 0 Å². The number of carbonyl (C=O) groups excluding carboxylic acids is 1. The molecule has 0 aliphatic carbocycles. The van der Waals surface area contributed by atoms with Gasteiger partial charge in [-0.15, -0.1) is 0 Å². The maximum atomic E-state index is 12.6. The summed E-state index contributed by atoms with van der Waals surface area (Å²) >= 11 is 1.14. The second-order valence-corrected chi connectivity index (χ2v) is 7.08. The molecular formula is C21H15N5OS. The lowest BCUT2D eigenvalue weighted by Gasteiger charge is -2.06. The molecule has 136 valence electrons. The lowest BCUT2D eigenvalue weighted by atomic mass is 10.1. The fourth-order valence-corrected chi connectivity index (χ4v) is 3.69. The Balaban J connectivity index is 1.44. The van der Waals surface area contributed by atoms with E-state index in [9.17, 15) is 4.79 Å². The largest absolute Gasteiger partial charge is 0.322 e. The molecule has 2 aromatic carbocycles. The van der Waals surface area contributed by atoms with E-state index in [0.717, 1.165) is 45.2 Å². The second-order valence-electron chi connectivity index (χ2n) is 6.55. The van der Waals surface area contributed by atoms with Crippen molar-refractivity contribution in [3.05, 3.63) is 78.1 Å². The third-order valence-corrected chi connectivity index (χ3v) is 5.17. The molecule has 28 heavy (non-hydrogen) atoms. The minimum absolute atomic E-state index is 0.183. The first-order valence-electron chi connectivity index (χ1n) is 8.76. The molecule has 1 amide bonds. The molecule has 0 aliphatic heterocycles. The number of nitrogens with zero attached hydrogens (tertiary/aromatic N) is 4. The van der Waals surface area contributed by atoms with Crippen molar-refractivity contribution >= 4 is 40.0 Å². The average molecular weight is 385 g/mol. The lowest BCUT2D eigenvalue weighted by Crippen LogP contribution is -2.11. The minimum atomic E-state index is -0.183. The monoisotopic (exact) mass is 385 g/mol. The van der Waals surface area contributed by atoms with Gasteiger partial charge in [-0.3, -0.25) is 4.79 Å². The smallest absolute Gasteiger partial charge is 0.255 e. The Morgan fingerprint density at radius 1 is 1.04 bits per heavy atom. The zero-order valence-corrected chi connectivity index (χ0v) is 15.8. The number of fused-ring (bicyclic) bond motifs is 2. The van der Waals surface area contributed by atoms with Gasteiger partial charge in [0.25, 0.3) is 5.91 Å². The van der Waals surface area contributed by atoms with Crippen LogP contribution in [-0.2, 0) is 0 Å². The molecule has 0 radical (unpaired) electrons. The van der Waals surface area contributed by atoms with Gasteiger partial charge in [0.05, 0.1) is 17.4 Å². The van der Waals surface area contributed by atoms with E-state index in [1.807, 2.05) is 66.2 Å². The number of rotatable bonds is 3. The van der Waals surface area contributed by atoms with Crippen LogP contribution in [0.4, 0.5) is 5.69 Å². The van der Waals surface area contributed by atoms with Crippen molar-refractivity contribution in [1.82, 2.24) is 18.1 Å². The number of aromatic nitrogens is 4. The average Bonchev–Trinajstić information content (AvgIpc) is 3.35. The van der Waals surface area contributed by atoms with Gasteiger partial charge < -0.3 is 9.72 Å². The maximum absolute atomic E-state index is 12.6. The fraction of sp³-hybridized carbons (Fsp3) is 0.0476. The summed E-state index contributed by atoms with van der Waals surface area (Å²) in [4.78, 5) is 17.4. The molecule has 0 spiro atoms. The van der Waals surface area contributed by atoms with Crippen LogP contribution in [0.25, 0.3) is 27.9 Å². The van der Waals surface area contributed by atoms with Crippen LogP contribution in [0, 0.1) is 6.92 Å². The van der Waals surface area contributed by atoms with Gasteiger partial charge in [-0.1, -0.05) is 18.2 Å². The van der Waals surface area contributed by atoms with Crippen LogP contribution >= 0.6 is 11.7 Å². The first-order chi connectivity index (χ1) is 13.7. The van der Waals surface area contributed by atoms with Crippen molar-refractivity contribution < 1.29 is 4.79 Å². The third-order valence-electron chi connectivity index (χ3n) is 4.61. The summed E-state index contributed by atoms with van der Waals surface area (Å²) in [6.45, 7) is 2.04. The Kier molecular flexibility index (Phi) is 3.87. The number of hydrogen-bond acceptors (Lipinski definition) is 5. The molecule has 0 unspecified atom stereocenters. The number of carbonyl (C=O) groups is 1. The Morgan fingerprint density at radius 2 is 1.93 bits per heavy atom. The van der Waals surface area contributed by atoms with Crippen molar-refractivity contribution in [2.75, 3.05) is 5.32 Å². The molecule has 0 atom stereocenters. The molecule has 3 aromatic heterocycles. The number of anilines is 1. The summed E-state index contributed by atoms with van der Waals surface area (Å²) in [5.74, 6) is -0.183. The molecule has 0 saturated heterocycles. The molecule has 0 bridgehead atoms. The minimum Gasteiger partial charge on any atom is -0.322 e. The molecule has 0 aliphatic rings. The number of amides is 1. The number of pyridine rings is 1. The number of hydrogen-bond donors (Lipinski definition) is 1. The summed E-state index contributed by atoms with van der Waals surface area (Å²) in [5.41, 5.74) is 6.64. The van der Waals surface area contributed by atoms with Crippen LogP contribution in [0.15, 0.2) is 67.0 Å². The summed E-state index contributed by atoms with van der Waals surface area (Å²) in [6.07, 6.45) is 3.97. The highest BCUT2D eigenvalue weighted by molar-refractivity contribution is 7.00.